The molecule has 10 heteroatoms. The fourth-order valence-corrected chi connectivity index (χ4v) is 6.80. The van der Waals surface area contributed by atoms with Crippen LogP contribution >= 0.6 is 0 Å². The van der Waals surface area contributed by atoms with Crippen LogP contribution in [0, 0.1) is 11.3 Å². The van der Waals surface area contributed by atoms with Gasteiger partial charge in [-0.1, -0.05) is 62.7 Å². The van der Waals surface area contributed by atoms with Gasteiger partial charge in [-0.15, -0.1) is 0 Å². The highest BCUT2D eigenvalue weighted by Crippen LogP contribution is 2.35. The molecule has 5 rings (SSSR count). The minimum absolute atomic E-state index is 0.190. The molecule has 214 valence electrons. The molecule has 2 heterocycles. The Labute approximate surface area is 244 Å². The summed E-state index contributed by atoms with van der Waals surface area (Å²) in [5.74, 6) is -0.598. The average Bonchev–Trinajstić information content (AvgIpc) is 3.38. The van der Waals surface area contributed by atoms with Gasteiger partial charge in [0.15, 0.2) is 4.90 Å². The van der Waals surface area contributed by atoms with Gasteiger partial charge in [0.2, 0.25) is 15.7 Å². The Hall–Kier alpha value is -4.75. The maximum atomic E-state index is 13.9. The SMILES string of the molecule is CCCCc1nc(=O)c(S(=O)(=O)c2ccc(-c3cccc4c3C(=O)NC4)cc2)c(O)n1[C@@H](CC)c1cccc(C#N)c1. The second kappa shape index (κ2) is 11.6. The number of nitrogens with zero attached hydrogens (tertiary/aromatic N) is 3. The third-order valence-electron chi connectivity index (χ3n) is 7.55. The maximum absolute atomic E-state index is 13.9. The molecule has 1 aliphatic rings. The molecule has 0 bridgehead atoms. The van der Waals surface area contributed by atoms with E-state index in [9.17, 15) is 28.4 Å². The van der Waals surface area contributed by atoms with Gasteiger partial charge in [0, 0.05) is 13.0 Å². The number of aryl methyl sites for hydroxylation is 1. The van der Waals surface area contributed by atoms with Crippen molar-refractivity contribution in [1.29, 1.82) is 5.26 Å². The molecule has 1 atom stereocenters. The van der Waals surface area contributed by atoms with Gasteiger partial charge < -0.3 is 10.4 Å². The summed E-state index contributed by atoms with van der Waals surface area (Å²) in [5, 5.41) is 23.8. The number of hydrogen-bond donors (Lipinski definition) is 2. The summed E-state index contributed by atoms with van der Waals surface area (Å²) in [7, 11) is -4.50. The molecule has 1 aliphatic heterocycles. The van der Waals surface area contributed by atoms with E-state index in [1.165, 1.54) is 16.7 Å². The molecule has 0 aliphatic carbocycles. The first-order valence-electron chi connectivity index (χ1n) is 13.8. The fraction of sp³-hybridized carbons (Fsp3) is 0.250. The van der Waals surface area contributed by atoms with E-state index < -0.39 is 32.2 Å². The molecule has 1 amide bonds. The zero-order valence-corrected chi connectivity index (χ0v) is 24.1. The van der Waals surface area contributed by atoms with E-state index in [-0.39, 0.29) is 16.6 Å². The largest absolute Gasteiger partial charge is 0.493 e. The zero-order chi connectivity index (χ0) is 30.0. The Bertz CT molecular complexity index is 1890. The standard InChI is InChI=1S/C32H30N4O5S/c1-3-5-12-27-35-31(38)29(32(39)36(27)26(4-2)22-9-6-8-20(17-22)18-33)42(40,41)24-15-13-21(14-16-24)25-11-7-10-23-19-34-30(37)28(23)25/h6-11,13-17,26,39H,3-5,12,19H2,1-2H3,(H,34,37)/t26-/m0/s1. The number of nitrogens with one attached hydrogen (secondary N) is 1. The molecular formula is C32H30N4O5S. The molecule has 0 saturated carbocycles. The van der Waals surface area contributed by atoms with E-state index in [2.05, 4.69) is 16.4 Å². The molecule has 1 aromatic heterocycles. The van der Waals surface area contributed by atoms with Crippen molar-refractivity contribution in [1.82, 2.24) is 14.9 Å². The van der Waals surface area contributed by atoms with Crippen molar-refractivity contribution in [3.63, 3.8) is 0 Å². The Morgan fingerprint density at radius 3 is 2.50 bits per heavy atom. The highest BCUT2D eigenvalue weighted by molar-refractivity contribution is 7.91. The zero-order valence-electron chi connectivity index (χ0n) is 23.3. The first-order chi connectivity index (χ1) is 20.2. The minimum Gasteiger partial charge on any atom is -0.493 e. The number of sulfone groups is 1. The van der Waals surface area contributed by atoms with Crippen molar-refractivity contribution < 1.29 is 18.3 Å². The minimum atomic E-state index is -4.50. The van der Waals surface area contributed by atoms with Gasteiger partial charge in [-0.3, -0.25) is 14.2 Å². The van der Waals surface area contributed by atoms with Crippen molar-refractivity contribution in [2.24, 2.45) is 0 Å². The molecule has 42 heavy (non-hydrogen) atoms. The third kappa shape index (κ3) is 5.08. The smallest absolute Gasteiger partial charge is 0.296 e. The predicted molar refractivity (Wildman–Crippen MR) is 157 cm³/mol. The second-order valence-electron chi connectivity index (χ2n) is 10.2. The van der Waals surface area contributed by atoms with Crippen molar-refractivity contribution in [3.8, 4) is 23.1 Å². The number of carbonyl (C=O) groups is 1. The summed E-state index contributed by atoms with van der Waals surface area (Å²) in [4.78, 5) is 28.8. The summed E-state index contributed by atoms with van der Waals surface area (Å²) in [6.45, 7) is 4.29. The van der Waals surface area contributed by atoms with Crippen LogP contribution in [0.25, 0.3) is 11.1 Å². The van der Waals surface area contributed by atoms with Gasteiger partial charge in [-0.05, 0) is 59.4 Å². The van der Waals surface area contributed by atoms with Crippen LogP contribution in [0.4, 0.5) is 0 Å². The van der Waals surface area contributed by atoms with Gasteiger partial charge in [0.05, 0.1) is 28.1 Å². The number of aromatic hydroxyl groups is 1. The van der Waals surface area contributed by atoms with Gasteiger partial charge in [-0.25, -0.2) is 8.42 Å². The fourth-order valence-electron chi connectivity index (χ4n) is 5.46. The normalized spacial score (nSPS) is 13.3. The average molecular weight is 583 g/mol. The molecule has 0 fully saturated rings. The molecule has 0 spiro atoms. The van der Waals surface area contributed by atoms with E-state index >= 15 is 0 Å². The van der Waals surface area contributed by atoms with Crippen LogP contribution in [0.3, 0.4) is 0 Å². The molecule has 9 nitrogen and oxygen atoms in total. The van der Waals surface area contributed by atoms with E-state index in [1.54, 1.807) is 42.5 Å². The van der Waals surface area contributed by atoms with Crippen LogP contribution in [-0.4, -0.2) is 29.0 Å². The number of benzene rings is 3. The number of nitriles is 1. The van der Waals surface area contributed by atoms with Crippen LogP contribution in [0.2, 0.25) is 0 Å². The Morgan fingerprint density at radius 2 is 1.81 bits per heavy atom. The number of unbranched alkanes of at least 4 members (excludes halogenated alkanes) is 1. The number of aromatic nitrogens is 2. The second-order valence-corrected chi connectivity index (χ2v) is 12.1. The van der Waals surface area contributed by atoms with E-state index in [1.807, 2.05) is 26.0 Å². The van der Waals surface area contributed by atoms with Crippen LogP contribution < -0.4 is 10.9 Å². The third-order valence-corrected chi connectivity index (χ3v) is 9.34. The summed E-state index contributed by atoms with van der Waals surface area (Å²) < 4.78 is 29.2. The summed E-state index contributed by atoms with van der Waals surface area (Å²) in [6, 6.07) is 19.8. The number of hydrogen-bond acceptors (Lipinski definition) is 7. The topological polar surface area (TPSA) is 142 Å². The highest BCUT2D eigenvalue weighted by atomic mass is 32.2. The van der Waals surface area contributed by atoms with Crippen molar-refractivity contribution in [3.05, 3.63) is 105 Å². The van der Waals surface area contributed by atoms with Gasteiger partial charge in [-0.2, -0.15) is 10.2 Å². The van der Waals surface area contributed by atoms with Crippen molar-refractivity contribution in [2.45, 2.75) is 61.9 Å². The monoisotopic (exact) mass is 582 g/mol. The Morgan fingerprint density at radius 1 is 1.07 bits per heavy atom. The van der Waals surface area contributed by atoms with Crippen LogP contribution in [0.15, 0.2) is 81.3 Å². The quantitative estimate of drug-likeness (QED) is 0.286. The molecular weight excluding hydrogens is 552 g/mol. The molecule has 3 aromatic carbocycles. The maximum Gasteiger partial charge on any atom is 0.296 e. The summed E-state index contributed by atoms with van der Waals surface area (Å²) in [5.41, 5.74) is 2.79. The summed E-state index contributed by atoms with van der Waals surface area (Å²) in [6.07, 6.45) is 2.28. The first-order valence-corrected chi connectivity index (χ1v) is 15.3. The van der Waals surface area contributed by atoms with Gasteiger partial charge >= 0.3 is 0 Å². The predicted octanol–water partition coefficient (Wildman–Crippen LogP) is 4.91. The van der Waals surface area contributed by atoms with E-state index in [0.717, 1.165) is 12.0 Å². The first kappa shape index (κ1) is 28.8. The van der Waals surface area contributed by atoms with Gasteiger partial charge in [0.1, 0.15) is 5.82 Å². The molecule has 0 saturated heterocycles. The van der Waals surface area contributed by atoms with E-state index in [0.29, 0.717) is 53.6 Å². The molecule has 0 radical (unpaired) electrons. The lowest BCUT2D eigenvalue weighted by Crippen LogP contribution is -2.27. The van der Waals surface area contributed by atoms with Crippen LogP contribution in [-0.2, 0) is 22.8 Å². The number of amides is 1. The Balaban J connectivity index is 1.63. The molecule has 0 unspecified atom stereocenters. The summed E-state index contributed by atoms with van der Waals surface area (Å²) >= 11 is 0. The number of rotatable bonds is 9. The van der Waals surface area contributed by atoms with Crippen LogP contribution in [0.1, 0.15) is 72.0 Å². The van der Waals surface area contributed by atoms with Crippen LogP contribution in [0.5, 0.6) is 5.88 Å². The number of carbonyl (C=O) groups excluding carboxylic acids is 1. The van der Waals surface area contributed by atoms with Crippen molar-refractivity contribution in [2.75, 3.05) is 0 Å². The lowest BCUT2D eigenvalue weighted by molar-refractivity contribution is 0.0966. The van der Waals surface area contributed by atoms with Crippen molar-refractivity contribution >= 4 is 15.7 Å². The molecule has 2 N–H and O–H groups in total. The Kier molecular flexibility index (Phi) is 7.96. The van der Waals surface area contributed by atoms with Gasteiger partial charge in [0.25, 0.3) is 11.5 Å². The lowest BCUT2D eigenvalue weighted by Gasteiger charge is -2.25. The molecule has 4 aromatic rings. The lowest BCUT2D eigenvalue weighted by atomic mass is 9.97. The van der Waals surface area contributed by atoms with E-state index in [4.69, 9.17) is 0 Å². The number of fused-ring (bicyclic) bond motifs is 1. The highest BCUT2D eigenvalue weighted by Gasteiger charge is 2.32.